The Bertz CT molecular complexity index is 229. The summed E-state index contributed by atoms with van der Waals surface area (Å²) in [5.74, 6) is 0. The highest BCUT2D eigenvalue weighted by molar-refractivity contribution is 7.15. The molecule has 1 heterocycles. The van der Waals surface area contributed by atoms with Crippen LogP contribution in [0.15, 0.2) is 0 Å². The van der Waals surface area contributed by atoms with Crippen molar-refractivity contribution in [2.75, 3.05) is 0 Å². The Labute approximate surface area is 57.7 Å². The lowest BCUT2D eigenvalue weighted by Gasteiger charge is -1.98. The molecule has 1 aromatic rings. The van der Waals surface area contributed by atoms with E-state index >= 15 is 0 Å². The summed E-state index contributed by atoms with van der Waals surface area (Å²) in [6, 6.07) is 0. The van der Waals surface area contributed by atoms with Gasteiger partial charge in [0.1, 0.15) is 0 Å². The normalized spacial score (nSPS) is 11.9. The molecule has 0 saturated carbocycles. The molecule has 7 heteroatoms. The second-order valence-electron chi connectivity index (χ2n) is 1.41. The van der Waals surface area contributed by atoms with Crippen LogP contribution in [0.1, 0.15) is 5.01 Å². The molecule has 0 aliphatic carbocycles. The SMILES string of the molecule is [NH-]c1nnc(C(F)(F)F)s1. The van der Waals surface area contributed by atoms with E-state index in [9.17, 15) is 13.2 Å². The van der Waals surface area contributed by atoms with Crippen molar-refractivity contribution in [1.29, 1.82) is 0 Å². The number of nitrogens with one attached hydrogen (secondary N) is 1. The van der Waals surface area contributed by atoms with Crippen LogP contribution in [-0.2, 0) is 6.18 Å². The zero-order valence-electron chi connectivity index (χ0n) is 4.44. The van der Waals surface area contributed by atoms with E-state index in [-0.39, 0.29) is 11.3 Å². The summed E-state index contributed by atoms with van der Waals surface area (Å²) in [7, 11) is 0. The Morgan fingerprint density at radius 2 is 1.90 bits per heavy atom. The quantitative estimate of drug-likeness (QED) is 0.596. The molecule has 0 saturated heterocycles. The molecule has 1 rings (SSSR count). The fraction of sp³-hybridized carbons (Fsp3) is 0.333. The molecule has 0 amide bonds. The van der Waals surface area contributed by atoms with Gasteiger partial charge < -0.3 is 10.8 Å². The van der Waals surface area contributed by atoms with E-state index in [1.165, 1.54) is 0 Å². The lowest BCUT2D eigenvalue weighted by Crippen LogP contribution is -2.03. The highest BCUT2D eigenvalue weighted by Gasteiger charge is 2.33. The van der Waals surface area contributed by atoms with E-state index in [1.54, 1.807) is 0 Å². The standard InChI is InChI=1S/C3HF3N3S/c4-3(5,6)1-8-9-2(7)10-1/h(H-,7,9)/q-1. The molecule has 3 nitrogen and oxygen atoms in total. The molecular weight excluding hydrogens is 167 g/mol. The number of hydrogen-bond donors (Lipinski definition) is 0. The lowest BCUT2D eigenvalue weighted by atomic mass is 10.7. The van der Waals surface area contributed by atoms with Gasteiger partial charge in [0.05, 0.1) is 0 Å². The molecule has 0 bridgehead atoms. The van der Waals surface area contributed by atoms with Gasteiger partial charge in [-0.1, -0.05) is 0 Å². The molecule has 10 heavy (non-hydrogen) atoms. The summed E-state index contributed by atoms with van der Waals surface area (Å²) in [4.78, 5) is 0. The Morgan fingerprint density at radius 1 is 1.30 bits per heavy atom. The molecule has 1 aromatic heterocycles. The largest absolute Gasteiger partial charge is 0.472 e. The predicted octanol–water partition coefficient (Wildman–Crippen LogP) is 2.24. The number of hydrogen-bond acceptors (Lipinski definition) is 3. The van der Waals surface area contributed by atoms with Crippen molar-refractivity contribution in [3.8, 4) is 0 Å². The predicted molar refractivity (Wildman–Crippen MR) is 28.9 cm³/mol. The van der Waals surface area contributed by atoms with Crippen LogP contribution in [0.5, 0.6) is 0 Å². The van der Waals surface area contributed by atoms with Gasteiger partial charge in [-0.15, -0.1) is 11.3 Å². The summed E-state index contributed by atoms with van der Waals surface area (Å²) in [6.07, 6.45) is -4.46. The molecule has 56 valence electrons. The van der Waals surface area contributed by atoms with E-state index in [1.807, 2.05) is 0 Å². The maximum absolute atomic E-state index is 11.6. The van der Waals surface area contributed by atoms with Gasteiger partial charge in [0, 0.05) is 5.13 Å². The topological polar surface area (TPSA) is 49.6 Å². The second kappa shape index (κ2) is 2.08. The average molecular weight is 168 g/mol. The van der Waals surface area contributed by atoms with Gasteiger partial charge in [0.25, 0.3) is 0 Å². The van der Waals surface area contributed by atoms with Crippen LogP contribution in [0.25, 0.3) is 5.73 Å². The van der Waals surface area contributed by atoms with Crippen LogP contribution in [-0.4, -0.2) is 10.2 Å². The Morgan fingerprint density at radius 3 is 2.10 bits per heavy atom. The van der Waals surface area contributed by atoms with Gasteiger partial charge in [-0.2, -0.15) is 13.2 Å². The first-order chi connectivity index (χ1) is 4.50. The monoisotopic (exact) mass is 168 g/mol. The molecule has 0 atom stereocenters. The van der Waals surface area contributed by atoms with Crippen molar-refractivity contribution in [3.05, 3.63) is 10.7 Å². The number of aromatic nitrogens is 2. The van der Waals surface area contributed by atoms with Crippen molar-refractivity contribution in [1.82, 2.24) is 10.2 Å². The van der Waals surface area contributed by atoms with E-state index in [4.69, 9.17) is 5.73 Å². The van der Waals surface area contributed by atoms with Gasteiger partial charge in [0.15, 0.2) is 5.01 Å². The van der Waals surface area contributed by atoms with Crippen LogP contribution in [0.2, 0.25) is 0 Å². The van der Waals surface area contributed by atoms with E-state index in [0.29, 0.717) is 0 Å². The third-order valence-electron chi connectivity index (χ3n) is 0.667. The van der Waals surface area contributed by atoms with Gasteiger partial charge >= 0.3 is 6.18 Å². The number of nitrogens with zero attached hydrogens (tertiary/aromatic N) is 2. The molecule has 0 aliphatic rings. The molecule has 0 fully saturated rings. The highest BCUT2D eigenvalue weighted by Crippen LogP contribution is 2.33. The van der Waals surface area contributed by atoms with Crippen LogP contribution >= 0.6 is 11.3 Å². The molecule has 1 N–H and O–H groups in total. The minimum absolute atomic E-state index is 0.214. The van der Waals surface area contributed by atoms with Gasteiger partial charge in [0.2, 0.25) is 0 Å². The molecule has 0 unspecified atom stereocenters. The number of rotatable bonds is 0. The summed E-state index contributed by atoms with van der Waals surface area (Å²) in [5, 5.41) is 4.15. The maximum atomic E-state index is 11.6. The highest BCUT2D eigenvalue weighted by atomic mass is 32.1. The Hall–Kier alpha value is -0.850. The smallest absolute Gasteiger partial charge is 0.443 e. The first-order valence-electron chi connectivity index (χ1n) is 2.12. The lowest BCUT2D eigenvalue weighted by molar-refractivity contribution is -0.138. The van der Waals surface area contributed by atoms with Crippen LogP contribution in [0, 0.1) is 0 Å². The van der Waals surface area contributed by atoms with Crippen molar-refractivity contribution >= 4 is 16.5 Å². The zero-order valence-corrected chi connectivity index (χ0v) is 5.25. The third kappa shape index (κ3) is 1.35. The van der Waals surface area contributed by atoms with E-state index in [2.05, 4.69) is 10.2 Å². The van der Waals surface area contributed by atoms with Crippen molar-refractivity contribution < 1.29 is 13.2 Å². The second-order valence-corrected chi connectivity index (χ2v) is 2.39. The molecule has 0 aromatic carbocycles. The maximum Gasteiger partial charge on any atom is 0.443 e. The van der Waals surface area contributed by atoms with Crippen LogP contribution in [0.4, 0.5) is 18.3 Å². The minimum Gasteiger partial charge on any atom is -0.472 e. The number of halogens is 3. The Kier molecular flexibility index (Phi) is 1.51. The van der Waals surface area contributed by atoms with Crippen LogP contribution in [0.3, 0.4) is 0 Å². The summed E-state index contributed by atoms with van der Waals surface area (Å²) in [6.45, 7) is 0. The van der Waals surface area contributed by atoms with Crippen molar-refractivity contribution in [2.45, 2.75) is 6.18 Å². The third-order valence-corrected chi connectivity index (χ3v) is 1.45. The van der Waals surface area contributed by atoms with E-state index < -0.39 is 16.3 Å². The van der Waals surface area contributed by atoms with E-state index in [0.717, 1.165) is 0 Å². The molecular formula is C3HF3N3S-. The van der Waals surface area contributed by atoms with Crippen LogP contribution < -0.4 is 0 Å². The molecule has 0 aliphatic heterocycles. The zero-order chi connectivity index (χ0) is 7.78. The van der Waals surface area contributed by atoms with Gasteiger partial charge in [-0.05, 0) is 0 Å². The fourth-order valence-corrected chi connectivity index (χ4v) is 0.800. The summed E-state index contributed by atoms with van der Waals surface area (Å²) in [5.41, 5.74) is 6.64. The summed E-state index contributed by atoms with van der Waals surface area (Å²) >= 11 is 0.214. The molecule has 0 radical (unpaired) electrons. The van der Waals surface area contributed by atoms with Gasteiger partial charge in [-0.25, -0.2) is 5.10 Å². The van der Waals surface area contributed by atoms with Crippen molar-refractivity contribution in [2.24, 2.45) is 0 Å². The fourth-order valence-electron chi connectivity index (χ4n) is 0.338. The van der Waals surface area contributed by atoms with Crippen molar-refractivity contribution in [3.63, 3.8) is 0 Å². The Balaban J connectivity index is 2.96. The molecule has 0 spiro atoms. The van der Waals surface area contributed by atoms with Gasteiger partial charge in [-0.3, -0.25) is 0 Å². The number of alkyl halides is 3. The first kappa shape index (κ1) is 7.26. The minimum atomic E-state index is -4.46. The first-order valence-corrected chi connectivity index (χ1v) is 2.94. The average Bonchev–Trinajstić information content (AvgIpc) is 2.11. The summed E-state index contributed by atoms with van der Waals surface area (Å²) < 4.78 is 34.9.